The molecule has 96 valence electrons. The minimum Gasteiger partial charge on any atom is -0.377 e. The Morgan fingerprint density at radius 2 is 2.00 bits per heavy atom. The van der Waals surface area contributed by atoms with Crippen molar-refractivity contribution in [3.05, 3.63) is 49.1 Å². The first-order valence-corrected chi connectivity index (χ1v) is 7.74. The van der Waals surface area contributed by atoms with E-state index in [0.717, 1.165) is 14.5 Å². The molecule has 2 aromatic rings. The molecule has 0 aliphatic rings. The van der Waals surface area contributed by atoms with Crippen molar-refractivity contribution in [2.24, 2.45) is 0 Å². The third-order valence-electron chi connectivity index (χ3n) is 2.81. The van der Waals surface area contributed by atoms with Crippen molar-refractivity contribution in [3.8, 4) is 0 Å². The van der Waals surface area contributed by atoms with Crippen LogP contribution in [0.3, 0.4) is 0 Å². The lowest BCUT2D eigenvalue weighted by Crippen LogP contribution is -2.07. The molecule has 1 unspecified atom stereocenters. The highest BCUT2D eigenvalue weighted by atomic mass is 79.9. The number of hydrogen-bond acceptors (Lipinski definition) is 2. The van der Waals surface area contributed by atoms with Crippen molar-refractivity contribution < 1.29 is 0 Å². The maximum atomic E-state index is 5.97. The molecule has 0 aliphatic heterocycles. The van der Waals surface area contributed by atoms with E-state index in [0.29, 0.717) is 0 Å². The van der Waals surface area contributed by atoms with E-state index in [9.17, 15) is 0 Å². The highest BCUT2D eigenvalue weighted by Gasteiger charge is 2.11. The molecular formula is C14H15BrClNS. The Balaban J connectivity index is 2.24. The third-order valence-corrected chi connectivity index (χ3v) is 4.85. The molecule has 2 rings (SSSR count). The van der Waals surface area contributed by atoms with Crippen LogP contribution in [0.1, 0.15) is 29.0 Å². The van der Waals surface area contributed by atoms with E-state index in [4.69, 9.17) is 11.6 Å². The smallest absolute Gasteiger partial charge is 0.0932 e. The van der Waals surface area contributed by atoms with Crippen molar-refractivity contribution in [1.82, 2.24) is 0 Å². The molecule has 0 amide bonds. The Bertz CT molecular complexity index is 542. The van der Waals surface area contributed by atoms with Gasteiger partial charge in [-0.1, -0.05) is 17.7 Å². The summed E-state index contributed by atoms with van der Waals surface area (Å²) in [5.74, 6) is 0. The molecule has 0 saturated carbocycles. The fourth-order valence-corrected chi connectivity index (χ4v) is 3.80. The quantitative estimate of drug-likeness (QED) is 0.725. The zero-order valence-electron chi connectivity index (χ0n) is 10.6. The molecule has 1 aromatic carbocycles. The molecule has 0 fully saturated rings. The maximum absolute atomic E-state index is 5.97. The lowest BCUT2D eigenvalue weighted by atomic mass is 10.1. The van der Waals surface area contributed by atoms with Gasteiger partial charge >= 0.3 is 0 Å². The Labute approximate surface area is 125 Å². The van der Waals surface area contributed by atoms with Crippen LogP contribution in [0.5, 0.6) is 0 Å². The van der Waals surface area contributed by atoms with Crippen LogP contribution in [0.4, 0.5) is 5.69 Å². The summed E-state index contributed by atoms with van der Waals surface area (Å²) in [5, 5.41) is 3.54. The van der Waals surface area contributed by atoms with Gasteiger partial charge in [-0.25, -0.2) is 0 Å². The zero-order valence-corrected chi connectivity index (χ0v) is 13.7. The van der Waals surface area contributed by atoms with E-state index in [2.05, 4.69) is 60.2 Å². The predicted molar refractivity (Wildman–Crippen MR) is 85.0 cm³/mol. The number of aryl methyl sites for hydroxylation is 2. The number of nitrogens with one attached hydrogen (secondary N) is 1. The van der Waals surface area contributed by atoms with E-state index in [1.165, 1.54) is 16.0 Å². The second-order valence-corrected chi connectivity index (χ2v) is 7.05. The molecule has 1 heterocycles. The highest BCUT2D eigenvalue weighted by molar-refractivity contribution is 9.10. The number of rotatable bonds is 3. The zero-order chi connectivity index (χ0) is 13.3. The van der Waals surface area contributed by atoms with Crippen molar-refractivity contribution in [2.45, 2.75) is 26.8 Å². The Hall–Kier alpha value is -0.510. The van der Waals surface area contributed by atoms with Crippen molar-refractivity contribution >= 4 is 44.6 Å². The maximum Gasteiger partial charge on any atom is 0.0932 e. The van der Waals surface area contributed by atoms with Gasteiger partial charge in [0.2, 0.25) is 0 Å². The SMILES string of the molecule is Cc1cc(C)c(NC(C)c2ccc(Cl)s2)c(Br)c1. The van der Waals surface area contributed by atoms with Crippen LogP contribution >= 0.6 is 38.9 Å². The largest absolute Gasteiger partial charge is 0.377 e. The van der Waals surface area contributed by atoms with Gasteiger partial charge in [0, 0.05) is 9.35 Å². The first-order chi connectivity index (χ1) is 8.47. The third kappa shape index (κ3) is 3.08. The molecule has 0 radical (unpaired) electrons. The number of thiophene rings is 1. The summed E-state index contributed by atoms with van der Waals surface area (Å²) in [4.78, 5) is 1.24. The molecule has 0 saturated heterocycles. The van der Waals surface area contributed by atoms with Gasteiger partial charge in [-0.3, -0.25) is 0 Å². The molecule has 1 nitrogen and oxygen atoms in total. The van der Waals surface area contributed by atoms with Gasteiger partial charge in [0.25, 0.3) is 0 Å². The Morgan fingerprint density at radius 3 is 2.56 bits per heavy atom. The van der Waals surface area contributed by atoms with Crippen molar-refractivity contribution in [1.29, 1.82) is 0 Å². The normalized spacial score (nSPS) is 12.5. The van der Waals surface area contributed by atoms with Crippen LogP contribution in [-0.2, 0) is 0 Å². The standard InChI is InChI=1S/C14H15BrClNS/c1-8-6-9(2)14(11(15)7-8)17-10(3)12-4-5-13(16)18-12/h4-7,10,17H,1-3H3. The summed E-state index contributed by atoms with van der Waals surface area (Å²) in [6.07, 6.45) is 0. The Kier molecular flexibility index (Phi) is 4.36. The van der Waals surface area contributed by atoms with Crippen molar-refractivity contribution in [3.63, 3.8) is 0 Å². The van der Waals surface area contributed by atoms with Crippen LogP contribution in [0, 0.1) is 13.8 Å². The first-order valence-electron chi connectivity index (χ1n) is 5.76. The first kappa shape index (κ1) is 13.9. The Morgan fingerprint density at radius 1 is 1.28 bits per heavy atom. The molecule has 0 aliphatic carbocycles. The summed E-state index contributed by atoms with van der Waals surface area (Å²) in [6, 6.07) is 8.57. The van der Waals surface area contributed by atoms with Gasteiger partial charge in [-0.15, -0.1) is 11.3 Å². The van der Waals surface area contributed by atoms with Gasteiger partial charge < -0.3 is 5.32 Å². The summed E-state index contributed by atoms with van der Waals surface area (Å²) in [7, 11) is 0. The van der Waals surface area contributed by atoms with Crippen LogP contribution in [0.15, 0.2) is 28.7 Å². The lowest BCUT2D eigenvalue weighted by molar-refractivity contribution is 0.904. The second kappa shape index (κ2) is 5.64. The van der Waals surface area contributed by atoms with Gasteiger partial charge in [-0.2, -0.15) is 0 Å². The van der Waals surface area contributed by atoms with Crippen LogP contribution in [0.25, 0.3) is 0 Å². The molecule has 0 bridgehead atoms. The average Bonchev–Trinajstić information content (AvgIpc) is 2.70. The van der Waals surface area contributed by atoms with Gasteiger partial charge in [0.05, 0.1) is 16.1 Å². The summed E-state index contributed by atoms with van der Waals surface area (Å²) in [5.41, 5.74) is 3.66. The topological polar surface area (TPSA) is 12.0 Å². The van der Waals surface area contributed by atoms with Crippen molar-refractivity contribution in [2.75, 3.05) is 5.32 Å². The average molecular weight is 345 g/mol. The highest BCUT2D eigenvalue weighted by Crippen LogP contribution is 2.33. The van der Waals surface area contributed by atoms with E-state index in [-0.39, 0.29) is 6.04 Å². The van der Waals surface area contributed by atoms with E-state index in [1.807, 2.05) is 6.07 Å². The molecule has 1 aromatic heterocycles. The van der Waals surface area contributed by atoms with E-state index < -0.39 is 0 Å². The fourth-order valence-electron chi connectivity index (χ4n) is 1.95. The summed E-state index contributed by atoms with van der Waals surface area (Å²) < 4.78 is 1.94. The van der Waals surface area contributed by atoms with Crippen LogP contribution in [0.2, 0.25) is 4.34 Å². The molecule has 0 spiro atoms. The predicted octanol–water partition coefficient (Wildman–Crippen LogP) is 5.95. The van der Waals surface area contributed by atoms with E-state index >= 15 is 0 Å². The van der Waals surface area contributed by atoms with Gasteiger partial charge in [0.15, 0.2) is 0 Å². The summed E-state index contributed by atoms with van der Waals surface area (Å²) in [6.45, 7) is 6.37. The van der Waals surface area contributed by atoms with Crippen LogP contribution < -0.4 is 5.32 Å². The number of benzene rings is 1. The molecule has 1 atom stereocenters. The monoisotopic (exact) mass is 343 g/mol. The lowest BCUT2D eigenvalue weighted by Gasteiger charge is -2.18. The van der Waals surface area contributed by atoms with Gasteiger partial charge in [0.1, 0.15) is 0 Å². The number of halogens is 2. The molecular weight excluding hydrogens is 330 g/mol. The van der Waals surface area contributed by atoms with Crippen LogP contribution in [-0.4, -0.2) is 0 Å². The molecule has 18 heavy (non-hydrogen) atoms. The molecule has 1 N–H and O–H groups in total. The fraction of sp³-hybridized carbons (Fsp3) is 0.286. The van der Waals surface area contributed by atoms with E-state index in [1.54, 1.807) is 11.3 Å². The number of anilines is 1. The number of hydrogen-bond donors (Lipinski definition) is 1. The minimum absolute atomic E-state index is 0.250. The van der Waals surface area contributed by atoms with Gasteiger partial charge in [-0.05, 0) is 66.0 Å². The summed E-state index contributed by atoms with van der Waals surface area (Å²) >= 11 is 11.2. The minimum atomic E-state index is 0.250. The molecule has 4 heteroatoms. The second-order valence-electron chi connectivity index (χ2n) is 4.45.